The van der Waals surface area contributed by atoms with E-state index in [0.717, 1.165) is 5.56 Å². The fourth-order valence-electron chi connectivity index (χ4n) is 3.68. The molecule has 1 aliphatic heterocycles. The van der Waals surface area contributed by atoms with Crippen molar-refractivity contribution in [3.63, 3.8) is 0 Å². The molecule has 1 aromatic heterocycles. The van der Waals surface area contributed by atoms with E-state index in [-0.39, 0.29) is 11.4 Å². The highest BCUT2D eigenvalue weighted by molar-refractivity contribution is 7.10. The van der Waals surface area contributed by atoms with Crippen LogP contribution in [0.2, 0.25) is 0 Å². The molecule has 2 fully saturated rings. The first kappa shape index (κ1) is 9.23. The number of amides is 1. The second-order valence-corrected chi connectivity index (χ2v) is 6.75. The van der Waals surface area contributed by atoms with Crippen LogP contribution in [0.15, 0.2) is 5.38 Å². The van der Waals surface area contributed by atoms with Crippen LogP contribution in [0.1, 0.15) is 46.5 Å². The highest BCUT2D eigenvalue weighted by Gasteiger charge is 2.67. The zero-order valence-electron chi connectivity index (χ0n) is 9.67. The third-order valence-corrected chi connectivity index (χ3v) is 6.14. The maximum Gasteiger partial charge on any atom is 0.255 e. The molecule has 16 heavy (non-hydrogen) atoms. The van der Waals surface area contributed by atoms with Gasteiger partial charge in [0.2, 0.25) is 0 Å². The molecule has 0 saturated heterocycles. The van der Waals surface area contributed by atoms with Gasteiger partial charge in [0.1, 0.15) is 0 Å². The molecule has 84 valence electrons. The molecule has 2 nitrogen and oxygen atoms in total. The molecule has 2 saturated carbocycles. The van der Waals surface area contributed by atoms with Gasteiger partial charge in [0, 0.05) is 11.9 Å². The Bertz CT molecular complexity index is 504. The summed E-state index contributed by atoms with van der Waals surface area (Å²) in [6, 6.07) is 0. The summed E-state index contributed by atoms with van der Waals surface area (Å²) in [5, 5.41) is 2.15. The lowest BCUT2D eigenvalue weighted by Gasteiger charge is -2.50. The molecule has 4 rings (SSSR count). The molecule has 0 aromatic carbocycles. The van der Waals surface area contributed by atoms with Crippen molar-refractivity contribution in [2.75, 3.05) is 7.05 Å². The predicted octanol–water partition coefficient (Wildman–Crippen LogP) is 2.91. The normalized spacial score (nSPS) is 27.4. The fourth-order valence-corrected chi connectivity index (χ4v) is 4.96. The molecule has 1 amide bonds. The summed E-state index contributed by atoms with van der Waals surface area (Å²) in [5.74, 6) is 0.254. The zero-order chi connectivity index (χ0) is 11.1. The Morgan fingerprint density at radius 3 is 2.69 bits per heavy atom. The van der Waals surface area contributed by atoms with Crippen LogP contribution in [0, 0.1) is 12.3 Å². The van der Waals surface area contributed by atoms with Gasteiger partial charge in [-0.25, -0.2) is 0 Å². The largest absolute Gasteiger partial charge is 0.331 e. The maximum absolute atomic E-state index is 12.3. The molecular formula is C13H15NOS. The van der Waals surface area contributed by atoms with E-state index in [1.165, 1.54) is 36.1 Å². The van der Waals surface area contributed by atoms with E-state index in [2.05, 4.69) is 12.3 Å². The van der Waals surface area contributed by atoms with E-state index in [9.17, 15) is 4.79 Å². The average molecular weight is 233 g/mol. The molecule has 0 radical (unpaired) electrons. The molecule has 1 aromatic rings. The summed E-state index contributed by atoms with van der Waals surface area (Å²) < 4.78 is 0. The van der Waals surface area contributed by atoms with E-state index in [4.69, 9.17) is 0 Å². The number of rotatable bonds is 0. The quantitative estimate of drug-likeness (QED) is 0.674. The van der Waals surface area contributed by atoms with Crippen LogP contribution in [-0.2, 0) is 5.54 Å². The first-order valence-corrected chi connectivity index (χ1v) is 6.83. The number of aryl methyl sites for hydroxylation is 1. The molecule has 2 heterocycles. The summed E-state index contributed by atoms with van der Waals surface area (Å²) in [4.78, 5) is 15.6. The molecule has 0 bridgehead atoms. The lowest BCUT2D eigenvalue weighted by molar-refractivity contribution is -0.00242. The Labute approximate surface area is 99.3 Å². The van der Waals surface area contributed by atoms with Crippen molar-refractivity contribution in [2.45, 2.75) is 38.1 Å². The van der Waals surface area contributed by atoms with Crippen LogP contribution in [0.4, 0.5) is 0 Å². The standard InChI is InChI=1S/C13H15NOS/c1-8-5-16-10-9(8)11(15)14(2)13(10)6-12(7-13)3-4-12/h5H,3-4,6-7H2,1-2H3. The van der Waals surface area contributed by atoms with Gasteiger partial charge >= 0.3 is 0 Å². The smallest absolute Gasteiger partial charge is 0.255 e. The fraction of sp³-hybridized carbons (Fsp3) is 0.615. The highest BCUT2D eigenvalue weighted by atomic mass is 32.1. The Morgan fingerprint density at radius 2 is 2.06 bits per heavy atom. The monoisotopic (exact) mass is 233 g/mol. The van der Waals surface area contributed by atoms with Crippen LogP contribution in [0.3, 0.4) is 0 Å². The lowest BCUT2D eigenvalue weighted by Crippen LogP contribution is -2.51. The number of hydrogen-bond donors (Lipinski definition) is 0. The Morgan fingerprint density at radius 1 is 1.38 bits per heavy atom. The van der Waals surface area contributed by atoms with Gasteiger partial charge in [-0.3, -0.25) is 4.79 Å². The Balaban J connectivity index is 1.86. The maximum atomic E-state index is 12.3. The van der Waals surface area contributed by atoms with Gasteiger partial charge in [0.15, 0.2) is 0 Å². The van der Waals surface area contributed by atoms with Gasteiger partial charge in [-0.15, -0.1) is 11.3 Å². The lowest BCUT2D eigenvalue weighted by atomic mass is 9.64. The van der Waals surface area contributed by atoms with E-state index < -0.39 is 0 Å². The first-order chi connectivity index (χ1) is 7.58. The second kappa shape index (κ2) is 2.37. The highest BCUT2D eigenvalue weighted by Crippen LogP contribution is 2.72. The van der Waals surface area contributed by atoms with Crippen molar-refractivity contribution < 1.29 is 4.79 Å². The summed E-state index contributed by atoms with van der Waals surface area (Å²) in [5.41, 5.74) is 2.92. The zero-order valence-corrected chi connectivity index (χ0v) is 10.5. The Kier molecular flexibility index (Phi) is 1.37. The van der Waals surface area contributed by atoms with Crippen molar-refractivity contribution in [3.05, 3.63) is 21.4 Å². The summed E-state index contributed by atoms with van der Waals surface area (Å²) in [6.07, 6.45) is 5.21. The first-order valence-electron chi connectivity index (χ1n) is 5.95. The van der Waals surface area contributed by atoms with E-state index in [0.29, 0.717) is 5.41 Å². The molecule has 0 atom stereocenters. The third-order valence-electron chi connectivity index (χ3n) is 4.85. The minimum absolute atomic E-state index is 0.0991. The topological polar surface area (TPSA) is 20.3 Å². The van der Waals surface area contributed by atoms with Crippen molar-refractivity contribution in [2.24, 2.45) is 5.41 Å². The Hall–Kier alpha value is -0.830. The van der Waals surface area contributed by atoms with Gasteiger partial charge in [-0.1, -0.05) is 0 Å². The summed E-state index contributed by atoms with van der Waals surface area (Å²) >= 11 is 1.79. The predicted molar refractivity (Wildman–Crippen MR) is 63.7 cm³/mol. The number of hydrogen-bond acceptors (Lipinski definition) is 2. The number of thiophene rings is 1. The van der Waals surface area contributed by atoms with Gasteiger partial charge in [0.25, 0.3) is 5.91 Å². The molecule has 3 aliphatic rings. The van der Waals surface area contributed by atoms with E-state index >= 15 is 0 Å². The summed E-state index contributed by atoms with van der Waals surface area (Å²) in [7, 11) is 1.99. The van der Waals surface area contributed by atoms with E-state index in [1.54, 1.807) is 11.3 Å². The van der Waals surface area contributed by atoms with Crippen molar-refractivity contribution in [1.29, 1.82) is 0 Å². The molecule has 0 unspecified atom stereocenters. The van der Waals surface area contributed by atoms with Gasteiger partial charge in [-0.2, -0.15) is 0 Å². The number of fused-ring (bicyclic) bond motifs is 2. The van der Waals surface area contributed by atoms with Crippen LogP contribution in [-0.4, -0.2) is 17.9 Å². The average Bonchev–Trinajstić information content (AvgIpc) is 2.86. The van der Waals surface area contributed by atoms with Crippen molar-refractivity contribution in [1.82, 2.24) is 4.90 Å². The second-order valence-electron chi connectivity index (χ2n) is 5.87. The molecule has 2 aliphatic carbocycles. The number of carbonyl (C=O) groups excluding carboxylic acids is 1. The van der Waals surface area contributed by atoms with Crippen LogP contribution < -0.4 is 0 Å². The van der Waals surface area contributed by atoms with Gasteiger partial charge in [0.05, 0.1) is 11.1 Å². The number of carbonyl (C=O) groups is 1. The molecule has 0 N–H and O–H groups in total. The van der Waals surface area contributed by atoms with Crippen LogP contribution in [0.25, 0.3) is 0 Å². The van der Waals surface area contributed by atoms with Gasteiger partial charge in [-0.05, 0) is 49.0 Å². The van der Waals surface area contributed by atoms with Gasteiger partial charge < -0.3 is 4.90 Å². The van der Waals surface area contributed by atoms with Crippen LogP contribution >= 0.6 is 11.3 Å². The molecule has 3 heteroatoms. The van der Waals surface area contributed by atoms with Crippen LogP contribution in [0.5, 0.6) is 0 Å². The molecular weight excluding hydrogens is 218 g/mol. The minimum atomic E-state index is 0.0991. The van der Waals surface area contributed by atoms with Crippen molar-refractivity contribution in [3.8, 4) is 0 Å². The number of nitrogens with zero attached hydrogens (tertiary/aromatic N) is 1. The van der Waals surface area contributed by atoms with Crippen molar-refractivity contribution >= 4 is 17.2 Å². The minimum Gasteiger partial charge on any atom is -0.331 e. The molecule has 2 spiro atoms. The third kappa shape index (κ3) is 0.807. The SMILES string of the molecule is Cc1csc2c1C(=O)N(C)C21CC2(CC2)C1. The summed E-state index contributed by atoms with van der Waals surface area (Å²) in [6.45, 7) is 2.06. The van der Waals surface area contributed by atoms with E-state index in [1.807, 2.05) is 11.9 Å².